The number of carbonyl (C=O) groups is 1. The highest BCUT2D eigenvalue weighted by molar-refractivity contribution is 9.09. The van der Waals surface area contributed by atoms with Gasteiger partial charge in [0.25, 0.3) is 5.91 Å². The summed E-state index contributed by atoms with van der Waals surface area (Å²) in [5.74, 6) is 0.713. The Morgan fingerprint density at radius 2 is 1.83 bits per heavy atom. The van der Waals surface area contributed by atoms with Crippen LogP contribution in [0.5, 0.6) is 5.75 Å². The molecule has 1 amide bonds. The number of rotatable bonds is 6. The van der Waals surface area contributed by atoms with Crippen LogP contribution >= 0.6 is 15.9 Å². The zero-order valence-electron chi connectivity index (χ0n) is 11.1. The number of halogens is 1. The second kappa shape index (κ2) is 6.78. The van der Waals surface area contributed by atoms with Crippen molar-refractivity contribution in [2.24, 2.45) is 0 Å². The molecule has 0 atom stereocenters. The molecule has 0 heterocycles. The third kappa shape index (κ3) is 3.48. The van der Waals surface area contributed by atoms with E-state index >= 15 is 0 Å². The Hall–Kier alpha value is -1.03. The van der Waals surface area contributed by atoms with E-state index < -0.39 is 0 Å². The summed E-state index contributed by atoms with van der Waals surface area (Å²) in [4.78, 5) is 12.2. The lowest BCUT2D eigenvalue weighted by atomic mass is 9.95. The van der Waals surface area contributed by atoms with Gasteiger partial charge in [0.05, 0.1) is 7.11 Å². The number of carbonyl (C=O) groups excluding carboxylic acids is 1. The summed E-state index contributed by atoms with van der Waals surface area (Å²) < 4.78 is 5.07. The van der Waals surface area contributed by atoms with Gasteiger partial charge in [0.1, 0.15) is 5.75 Å². The maximum Gasteiger partial charge on any atom is 0.251 e. The minimum atomic E-state index is -0.170. The van der Waals surface area contributed by atoms with Gasteiger partial charge in [0.15, 0.2) is 0 Å². The number of hydrogen-bond donors (Lipinski definition) is 1. The fourth-order valence-corrected chi connectivity index (χ4v) is 2.64. The molecule has 0 aromatic heterocycles. The van der Waals surface area contributed by atoms with E-state index in [1.54, 1.807) is 31.4 Å². The molecule has 1 aromatic rings. The van der Waals surface area contributed by atoms with Crippen molar-refractivity contribution in [1.82, 2.24) is 5.32 Å². The van der Waals surface area contributed by atoms with Gasteiger partial charge < -0.3 is 10.1 Å². The Kier molecular flexibility index (Phi) is 5.66. The van der Waals surface area contributed by atoms with Gasteiger partial charge >= 0.3 is 0 Å². The van der Waals surface area contributed by atoms with Gasteiger partial charge in [-0.1, -0.05) is 29.8 Å². The van der Waals surface area contributed by atoms with Crippen LogP contribution in [0.25, 0.3) is 0 Å². The monoisotopic (exact) mass is 313 g/mol. The van der Waals surface area contributed by atoms with Crippen LogP contribution in [-0.4, -0.2) is 23.9 Å². The number of benzene rings is 1. The summed E-state index contributed by atoms with van der Waals surface area (Å²) in [6, 6.07) is 7.14. The van der Waals surface area contributed by atoms with Crippen molar-refractivity contribution in [2.45, 2.75) is 32.2 Å². The minimum absolute atomic E-state index is 0.0409. The maximum atomic E-state index is 12.2. The molecule has 3 nitrogen and oxygen atoms in total. The van der Waals surface area contributed by atoms with Crippen molar-refractivity contribution in [3.63, 3.8) is 0 Å². The molecule has 0 radical (unpaired) electrons. The highest BCUT2D eigenvalue weighted by atomic mass is 79.9. The molecular weight excluding hydrogens is 294 g/mol. The molecular formula is C14H20BrNO2. The van der Waals surface area contributed by atoms with Gasteiger partial charge in [-0.15, -0.1) is 0 Å². The lowest BCUT2D eigenvalue weighted by Gasteiger charge is -2.30. The van der Waals surface area contributed by atoms with Crippen molar-refractivity contribution >= 4 is 21.8 Å². The van der Waals surface area contributed by atoms with E-state index in [2.05, 4.69) is 35.1 Å². The molecule has 4 heteroatoms. The predicted molar refractivity (Wildman–Crippen MR) is 77.6 cm³/mol. The lowest BCUT2D eigenvalue weighted by Crippen LogP contribution is -2.49. The first-order valence-electron chi connectivity index (χ1n) is 6.13. The lowest BCUT2D eigenvalue weighted by molar-refractivity contribution is 0.0903. The molecule has 0 saturated carbocycles. The minimum Gasteiger partial charge on any atom is -0.497 e. The standard InChI is InChI=1S/C14H20BrNO2/c1-4-14(5-2,10-15)16-13(17)11-6-8-12(18-3)9-7-11/h6-9H,4-5,10H2,1-3H3,(H,16,17). The zero-order valence-corrected chi connectivity index (χ0v) is 12.7. The van der Waals surface area contributed by atoms with E-state index in [4.69, 9.17) is 4.74 Å². The normalized spacial score (nSPS) is 11.1. The average molecular weight is 314 g/mol. The van der Waals surface area contributed by atoms with Crippen LogP contribution < -0.4 is 10.1 Å². The second-order valence-electron chi connectivity index (χ2n) is 4.30. The topological polar surface area (TPSA) is 38.3 Å². The van der Waals surface area contributed by atoms with E-state index in [0.717, 1.165) is 23.9 Å². The summed E-state index contributed by atoms with van der Waals surface area (Å²) in [7, 11) is 1.61. The summed E-state index contributed by atoms with van der Waals surface area (Å²) in [6.45, 7) is 4.16. The van der Waals surface area contributed by atoms with Crippen molar-refractivity contribution in [2.75, 3.05) is 12.4 Å². The maximum absolute atomic E-state index is 12.2. The van der Waals surface area contributed by atoms with Crippen LogP contribution in [0.15, 0.2) is 24.3 Å². The van der Waals surface area contributed by atoms with Crippen LogP contribution in [0.1, 0.15) is 37.0 Å². The number of methoxy groups -OCH3 is 1. The molecule has 0 aliphatic heterocycles. The Balaban J connectivity index is 2.80. The van der Waals surface area contributed by atoms with E-state index in [1.165, 1.54) is 0 Å². The van der Waals surface area contributed by atoms with Crippen LogP contribution in [-0.2, 0) is 0 Å². The van der Waals surface area contributed by atoms with Crippen LogP contribution in [0, 0.1) is 0 Å². The van der Waals surface area contributed by atoms with E-state index in [0.29, 0.717) is 5.56 Å². The average Bonchev–Trinajstić information content (AvgIpc) is 2.45. The van der Waals surface area contributed by atoms with E-state index in [1.807, 2.05) is 0 Å². The van der Waals surface area contributed by atoms with Crippen molar-refractivity contribution in [1.29, 1.82) is 0 Å². The fraction of sp³-hybridized carbons (Fsp3) is 0.500. The van der Waals surface area contributed by atoms with Gasteiger partial charge in [-0.05, 0) is 37.1 Å². The third-order valence-corrected chi connectivity index (χ3v) is 4.41. The third-order valence-electron chi connectivity index (χ3n) is 3.34. The molecule has 0 aliphatic carbocycles. The fourth-order valence-electron chi connectivity index (χ4n) is 1.70. The molecule has 18 heavy (non-hydrogen) atoms. The van der Waals surface area contributed by atoms with Crippen LogP contribution in [0.4, 0.5) is 0 Å². The Labute approximate surface area is 117 Å². The molecule has 0 fully saturated rings. The molecule has 0 aliphatic rings. The molecule has 100 valence electrons. The number of alkyl halides is 1. The molecule has 0 spiro atoms. The molecule has 0 unspecified atom stereocenters. The van der Waals surface area contributed by atoms with Gasteiger partial charge in [0.2, 0.25) is 0 Å². The SMILES string of the molecule is CCC(CC)(CBr)NC(=O)c1ccc(OC)cc1. The molecule has 1 rings (SSSR count). The number of amides is 1. The molecule has 1 aromatic carbocycles. The zero-order chi connectivity index (χ0) is 13.6. The Bertz CT molecular complexity index is 377. The quantitative estimate of drug-likeness (QED) is 0.818. The first kappa shape index (κ1) is 15.0. The van der Waals surface area contributed by atoms with Gasteiger partial charge in [-0.3, -0.25) is 4.79 Å². The van der Waals surface area contributed by atoms with Crippen molar-refractivity contribution < 1.29 is 9.53 Å². The van der Waals surface area contributed by atoms with E-state index in [-0.39, 0.29) is 11.4 Å². The van der Waals surface area contributed by atoms with Crippen molar-refractivity contribution in [3.05, 3.63) is 29.8 Å². The summed E-state index contributed by atoms with van der Waals surface area (Å²) >= 11 is 3.48. The second-order valence-corrected chi connectivity index (χ2v) is 4.86. The summed E-state index contributed by atoms with van der Waals surface area (Å²) in [5.41, 5.74) is 0.486. The summed E-state index contributed by atoms with van der Waals surface area (Å²) in [6.07, 6.45) is 1.80. The predicted octanol–water partition coefficient (Wildman–Crippen LogP) is 3.38. The van der Waals surface area contributed by atoms with Crippen molar-refractivity contribution in [3.8, 4) is 5.75 Å². The highest BCUT2D eigenvalue weighted by Crippen LogP contribution is 2.19. The molecule has 0 bridgehead atoms. The molecule has 1 N–H and O–H groups in total. The largest absolute Gasteiger partial charge is 0.497 e. The number of nitrogens with one attached hydrogen (secondary N) is 1. The van der Waals surface area contributed by atoms with E-state index in [9.17, 15) is 4.79 Å². The molecule has 0 saturated heterocycles. The smallest absolute Gasteiger partial charge is 0.251 e. The number of hydrogen-bond acceptors (Lipinski definition) is 2. The first-order chi connectivity index (χ1) is 8.60. The van der Waals surface area contributed by atoms with Gasteiger partial charge in [-0.2, -0.15) is 0 Å². The summed E-state index contributed by atoms with van der Waals surface area (Å²) in [5, 5.41) is 3.87. The Morgan fingerprint density at radius 1 is 1.28 bits per heavy atom. The van der Waals surface area contributed by atoms with Gasteiger partial charge in [0, 0.05) is 16.4 Å². The van der Waals surface area contributed by atoms with Gasteiger partial charge in [-0.25, -0.2) is 0 Å². The first-order valence-corrected chi connectivity index (χ1v) is 7.25. The highest BCUT2D eigenvalue weighted by Gasteiger charge is 2.27. The van der Waals surface area contributed by atoms with Crippen LogP contribution in [0.3, 0.4) is 0 Å². The Morgan fingerprint density at radius 3 is 2.22 bits per heavy atom. The number of ether oxygens (including phenoxy) is 1. The van der Waals surface area contributed by atoms with Crippen LogP contribution in [0.2, 0.25) is 0 Å².